The molecule has 0 aromatic rings. The molecule has 1 aliphatic heterocycles. The lowest BCUT2D eigenvalue weighted by Gasteiger charge is -2.47. The first-order valence-corrected chi connectivity index (χ1v) is 4.87. The summed E-state index contributed by atoms with van der Waals surface area (Å²) in [6.45, 7) is 1.08. The second-order valence-electron chi connectivity index (χ2n) is 4.16. The third kappa shape index (κ3) is 1.99. The quantitative estimate of drug-likeness (QED) is 0.691. The van der Waals surface area contributed by atoms with E-state index < -0.39 is 41.8 Å². The van der Waals surface area contributed by atoms with Gasteiger partial charge in [-0.25, -0.2) is 8.78 Å². The lowest BCUT2D eigenvalue weighted by atomic mass is 9.79. The minimum absolute atomic E-state index is 0.470. The largest absolute Gasteiger partial charge is 0.418 e. The third-order valence-corrected chi connectivity index (χ3v) is 2.92. The summed E-state index contributed by atoms with van der Waals surface area (Å²) in [4.78, 5) is 11.1. The minimum atomic E-state index is -5.27. The van der Waals surface area contributed by atoms with Gasteiger partial charge in [-0.3, -0.25) is 4.79 Å². The highest BCUT2D eigenvalue weighted by atomic mass is 19.4. The van der Waals surface area contributed by atoms with Gasteiger partial charge in [0.25, 0.3) is 0 Å². The summed E-state index contributed by atoms with van der Waals surface area (Å²) in [7, 11) is 0. The molecule has 0 amide bonds. The molecule has 4 nitrogen and oxygen atoms in total. The van der Waals surface area contributed by atoms with Gasteiger partial charge in [0.2, 0.25) is 0 Å². The minimum Gasteiger partial charge on any atom is -0.383 e. The number of aliphatic hydroxyl groups is 2. The first kappa shape index (κ1) is 15.3. The van der Waals surface area contributed by atoms with E-state index in [-0.39, 0.29) is 0 Å². The van der Waals surface area contributed by atoms with Crippen LogP contribution in [0.3, 0.4) is 0 Å². The number of Topliss-reactive ketones (excluding diaryl/α,β-unsaturated/α-hetero) is 1. The molecule has 1 heterocycles. The zero-order chi connectivity index (χ0) is 14.5. The van der Waals surface area contributed by atoms with E-state index in [2.05, 4.69) is 4.74 Å². The SMILES string of the molecule is CC(=O)C1(O)C(C(F)(F)F)OC(C)C(F)(F)C1O. The lowest BCUT2D eigenvalue weighted by molar-refractivity contribution is -0.363. The number of aliphatic hydroxyl groups excluding tert-OH is 1. The van der Waals surface area contributed by atoms with E-state index in [0.29, 0.717) is 13.8 Å². The van der Waals surface area contributed by atoms with Gasteiger partial charge >= 0.3 is 12.1 Å². The second-order valence-corrected chi connectivity index (χ2v) is 4.16. The molecule has 1 fully saturated rings. The predicted octanol–water partition coefficient (Wildman–Crippen LogP) is 0.652. The number of carbonyl (C=O) groups is 1. The Morgan fingerprint density at radius 1 is 1.33 bits per heavy atom. The molecule has 0 aromatic carbocycles. The van der Waals surface area contributed by atoms with Crippen molar-refractivity contribution in [2.24, 2.45) is 0 Å². The molecule has 4 atom stereocenters. The fourth-order valence-corrected chi connectivity index (χ4v) is 1.76. The molecule has 2 N–H and O–H groups in total. The zero-order valence-electron chi connectivity index (χ0n) is 9.33. The molecule has 0 aromatic heterocycles. The van der Waals surface area contributed by atoms with Crippen molar-refractivity contribution in [3.63, 3.8) is 0 Å². The standard InChI is InChI=1S/C9H11F5O4/c1-3(15)7(17)5(16)8(10,11)4(2)18-6(7)9(12,13)14/h4-6,16-17H,1-2H3. The number of hydrogen-bond acceptors (Lipinski definition) is 4. The van der Waals surface area contributed by atoms with Gasteiger partial charge < -0.3 is 14.9 Å². The monoisotopic (exact) mass is 278 g/mol. The Hall–Kier alpha value is -0.800. The molecular weight excluding hydrogens is 267 g/mol. The Kier molecular flexibility index (Phi) is 3.48. The van der Waals surface area contributed by atoms with Crippen molar-refractivity contribution in [3.05, 3.63) is 0 Å². The van der Waals surface area contributed by atoms with Crippen molar-refractivity contribution in [1.82, 2.24) is 0 Å². The first-order valence-electron chi connectivity index (χ1n) is 4.87. The normalized spacial score (nSPS) is 40.6. The molecule has 0 saturated carbocycles. The molecule has 0 aliphatic carbocycles. The highest BCUT2D eigenvalue weighted by Crippen LogP contribution is 2.45. The molecule has 18 heavy (non-hydrogen) atoms. The van der Waals surface area contributed by atoms with Gasteiger partial charge in [-0.1, -0.05) is 0 Å². The molecule has 9 heteroatoms. The van der Waals surface area contributed by atoms with Crippen LogP contribution in [0.2, 0.25) is 0 Å². The van der Waals surface area contributed by atoms with E-state index in [4.69, 9.17) is 0 Å². The van der Waals surface area contributed by atoms with Crippen LogP contribution in [0.4, 0.5) is 22.0 Å². The van der Waals surface area contributed by atoms with E-state index in [1.807, 2.05) is 0 Å². The molecule has 0 bridgehead atoms. The van der Waals surface area contributed by atoms with Crippen LogP contribution in [-0.4, -0.2) is 52.0 Å². The Morgan fingerprint density at radius 2 is 1.78 bits per heavy atom. The van der Waals surface area contributed by atoms with E-state index in [9.17, 15) is 37.0 Å². The average Bonchev–Trinajstić information content (AvgIpc) is 2.19. The van der Waals surface area contributed by atoms with E-state index in [0.717, 1.165) is 0 Å². The van der Waals surface area contributed by atoms with Crippen LogP contribution in [0.25, 0.3) is 0 Å². The van der Waals surface area contributed by atoms with Gasteiger partial charge in [0.1, 0.15) is 6.10 Å². The van der Waals surface area contributed by atoms with E-state index in [1.165, 1.54) is 0 Å². The van der Waals surface area contributed by atoms with Gasteiger partial charge in [0.05, 0.1) is 0 Å². The van der Waals surface area contributed by atoms with Crippen molar-refractivity contribution >= 4 is 5.78 Å². The van der Waals surface area contributed by atoms with Crippen molar-refractivity contribution in [2.75, 3.05) is 0 Å². The lowest BCUT2D eigenvalue weighted by Crippen LogP contribution is -2.74. The van der Waals surface area contributed by atoms with Crippen LogP contribution in [0.15, 0.2) is 0 Å². The van der Waals surface area contributed by atoms with Gasteiger partial charge in [-0.2, -0.15) is 13.2 Å². The maximum absolute atomic E-state index is 13.4. The number of rotatable bonds is 1. The van der Waals surface area contributed by atoms with E-state index >= 15 is 0 Å². The van der Waals surface area contributed by atoms with Crippen LogP contribution < -0.4 is 0 Å². The number of alkyl halides is 5. The molecule has 1 aliphatic rings. The van der Waals surface area contributed by atoms with Gasteiger partial charge in [0, 0.05) is 0 Å². The summed E-state index contributed by atoms with van der Waals surface area (Å²) in [5.74, 6) is -5.83. The summed E-state index contributed by atoms with van der Waals surface area (Å²) in [5, 5.41) is 18.8. The number of hydrogen-bond donors (Lipinski definition) is 2. The molecular formula is C9H11F5O4. The molecule has 0 spiro atoms. The summed E-state index contributed by atoms with van der Waals surface area (Å²) in [5.41, 5.74) is -3.73. The van der Waals surface area contributed by atoms with Crippen LogP contribution in [0.1, 0.15) is 13.8 Å². The van der Waals surface area contributed by atoms with Crippen LogP contribution >= 0.6 is 0 Å². The smallest absolute Gasteiger partial charge is 0.383 e. The summed E-state index contributed by atoms with van der Waals surface area (Å²) in [6.07, 6.45) is -14.0. The Bertz CT molecular complexity index is 355. The number of carbonyl (C=O) groups excluding carboxylic acids is 1. The highest BCUT2D eigenvalue weighted by molar-refractivity contribution is 5.86. The van der Waals surface area contributed by atoms with E-state index in [1.54, 1.807) is 0 Å². The molecule has 0 radical (unpaired) electrons. The van der Waals surface area contributed by atoms with Crippen LogP contribution in [0.5, 0.6) is 0 Å². The van der Waals surface area contributed by atoms with Gasteiger partial charge in [-0.05, 0) is 13.8 Å². The van der Waals surface area contributed by atoms with Crippen molar-refractivity contribution < 1.29 is 41.7 Å². The zero-order valence-corrected chi connectivity index (χ0v) is 9.33. The molecule has 1 rings (SSSR count). The van der Waals surface area contributed by atoms with Gasteiger partial charge in [-0.15, -0.1) is 0 Å². The summed E-state index contributed by atoms with van der Waals surface area (Å²) in [6, 6.07) is 0. The van der Waals surface area contributed by atoms with Crippen molar-refractivity contribution in [1.29, 1.82) is 0 Å². The predicted molar refractivity (Wildman–Crippen MR) is 47.0 cm³/mol. The highest BCUT2D eigenvalue weighted by Gasteiger charge is 2.71. The third-order valence-electron chi connectivity index (χ3n) is 2.92. The number of ketones is 1. The van der Waals surface area contributed by atoms with Crippen LogP contribution in [-0.2, 0) is 9.53 Å². The fraction of sp³-hybridized carbons (Fsp3) is 0.889. The Labute approximate surface area is 98.3 Å². The number of ether oxygens (including phenoxy) is 1. The summed E-state index contributed by atoms with van der Waals surface area (Å²) < 4.78 is 68.5. The van der Waals surface area contributed by atoms with Gasteiger partial charge in [0.15, 0.2) is 23.6 Å². The van der Waals surface area contributed by atoms with Crippen molar-refractivity contribution in [3.8, 4) is 0 Å². The molecule has 1 saturated heterocycles. The maximum Gasteiger partial charge on any atom is 0.418 e. The Morgan fingerprint density at radius 3 is 2.11 bits per heavy atom. The maximum atomic E-state index is 13.4. The number of halogens is 5. The van der Waals surface area contributed by atoms with Crippen LogP contribution in [0, 0.1) is 0 Å². The Balaban J connectivity index is 3.34. The average molecular weight is 278 g/mol. The molecule has 106 valence electrons. The first-order chi connectivity index (χ1) is 7.86. The van der Waals surface area contributed by atoms with Crippen molar-refractivity contribution in [2.45, 2.75) is 49.9 Å². The topological polar surface area (TPSA) is 66.8 Å². The fourth-order valence-electron chi connectivity index (χ4n) is 1.76. The molecule has 4 unspecified atom stereocenters. The summed E-state index contributed by atoms with van der Waals surface area (Å²) >= 11 is 0. The second kappa shape index (κ2) is 4.10.